The van der Waals surface area contributed by atoms with Crippen LogP contribution in [0.2, 0.25) is 0 Å². The highest BCUT2D eigenvalue weighted by atomic mass is 32.2. The maximum atomic E-state index is 13.2. The van der Waals surface area contributed by atoms with Crippen molar-refractivity contribution in [2.75, 3.05) is 11.1 Å². The van der Waals surface area contributed by atoms with E-state index in [1.165, 1.54) is 12.1 Å². The molecule has 0 saturated carbocycles. The SMILES string of the molecule is O=C(Nc1ccccc1SCC(F)(F)F)c1nn(-c2ccccc2)c(=O)c2ccccc12. The lowest BCUT2D eigenvalue weighted by molar-refractivity contribution is -0.105. The molecule has 162 valence electrons. The van der Waals surface area contributed by atoms with E-state index in [9.17, 15) is 22.8 Å². The number of fused-ring (bicyclic) bond motifs is 1. The summed E-state index contributed by atoms with van der Waals surface area (Å²) in [7, 11) is 0. The largest absolute Gasteiger partial charge is 0.398 e. The first-order valence-electron chi connectivity index (χ1n) is 9.51. The molecule has 0 atom stereocenters. The summed E-state index contributed by atoms with van der Waals surface area (Å²) in [6.45, 7) is 0. The van der Waals surface area contributed by atoms with Crippen LogP contribution in [0, 0.1) is 0 Å². The van der Waals surface area contributed by atoms with E-state index in [4.69, 9.17) is 0 Å². The number of aromatic nitrogens is 2. The van der Waals surface area contributed by atoms with Gasteiger partial charge in [-0.3, -0.25) is 9.59 Å². The van der Waals surface area contributed by atoms with Crippen LogP contribution >= 0.6 is 11.8 Å². The molecule has 4 rings (SSSR count). The highest BCUT2D eigenvalue weighted by molar-refractivity contribution is 7.99. The van der Waals surface area contributed by atoms with E-state index in [2.05, 4.69) is 10.4 Å². The highest BCUT2D eigenvalue weighted by Gasteiger charge is 2.28. The van der Waals surface area contributed by atoms with Crippen molar-refractivity contribution in [2.45, 2.75) is 11.1 Å². The van der Waals surface area contributed by atoms with E-state index in [-0.39, 0.29) is 21.8 Å². The molecule has 1 N–H and O–H groups in total. The quantitative estimate of drug-likeness (QED) is 0.415. The minimum atomic E-state index is -4.34. The van der Waals surface area contributed by atoms with Gasteiger partial charge >= 0.3 is 6.18 Å². The predicted molar refractivity (Wildman–Crippen MR) is 119 cm³/mol. The summed E-state index contributed by atoms with van der Waals surface area (Å²) in [4.78, 5) is 26.4. The first-order valence-corrected chi connectivity index (χ1v) is 10.5. The van der Waals surface area contributed by atoms with E-state index in [1.54, 1.807) is 66.7 Å². The standard InChI is InChI=1S/C23H16F3N3O2S/c24-23(25,26)14-32-19-13-7-6-12-18(19)27-21(30)20-16-10-4-5-11-17(16)22(31)29(28-20)15-8-2-1-3-9-15/h1-13H,14H2,(H,27,30). The number of alkyl halides is 3. The zero-order valence-corrected chi connectivity index (χ0v) is 17.3. The molecule has 1 heterocycles. The van der Waals surface area contributed by atoms with E-state index >= 15 is 0 Å². The third kappa shape index (κ3) is 4.67. The first-order chi connectivity index (χ1) is 15.3. The number of para-hydroxylation sites is 2. The van der Waals surface area contributed by atoms with Crippen molar-refractivity contribution in [2.24, 2.45) is 0 Å². The number of rotatable bonds is 5. The zero-order chi connectivity index (χ0) is 22.7. The molecule has 0 saturated heterocycles. The van der Waals surface area contributed by atoms with Crippen LogP contribution in [-0.2, 0) is 0 Å². The molecule has 0 bridgehead atoms. The van der Waals surface area contributed by atoms with Crippen LogP contribution in [0.5, 0.6) is 0 Å². The Balaban J connectivity index is 1.76. The molecular weight excluding hydrogens is 439 g/mol. The fraction of sp³-hybridized carbons (Fsp3) is 0.0870. The second-order valence-electron chi connectivity index (χ2n) is 6.80. The summed E-state index contributed by atoms with van der Waals surface area (Å²) in [5.74, 6) is -1.72. The number of carbonyl (C=O) groups excluding carboxylic acids is 1. The lowest BCUT2D eigenvalue weighted by Crippen LogP contribution is -2.26. The molecule has 5 nitrogen and oxygen atoms in total. The van der Waals surface area contributed by atoms with Gasteiger partial charge in [-0.1, -0.05) is 48.5 Å². The third-order valence-electron chi connectivity index (χ3n) is 4.55. The van der Waals surface area contributed by atoms with Crippen LogP contribution in [0.15, 0.2) is 88.6 Å². The molecule has 0 aliphatic carbocycles. The summed E-state index contributed by atoms with van der Waals surface area (Å²) in [6, 6.07) is 21.5. The summed E-state index contributed by atoms with van der Waals surface area (Å²) in [5, 5.41) is 7.59. The molecular formula is C23H16F3N3O2S. The number of hydrogen-bond acceptors (Lipinski definition) is 4. The van der Waals surface area contributed by atoms with Gasteiger partial charge in [-0.15, -0.1) is 11.8 Å². The van der Waals surface area contributed by atoms with Crippen LogP contribution in [0.25, 0.3) is 16.5 Å². The van der Waals surface area contributed by atoms with Gasteiger partial charge in [0.1, 0.15) is 0 Å². The van der Waals surface area contributed by atoms with Gasteiger partial charge in [0.2, 0.25) is 0 Å². The number of nitrogens with zero attached hydrogens (tertiary/aromatic N) is 2. The number of hydrogen-bond donors (Lipinski definition) is 1. The number of amides is 1. The van der Waals surface area contributed by atoms with Gasteiger partial charge in [-0.25, -0.2) is 0 Å². The van der Waals surface area contributed by atoms with Crippen molar-refractivity contribution in [3.05, 3.63) is 94.9 Å². The summed E-state index contributed by atoms with van der Waals surface area (Å²) < 4.78 is 39.1. The maximum Gasteiger partial charge on any atom is 0.398 e. The van der Waals surface area contributed by atoms with Crippen molar-refractivity contribution < 1.29 is 18.0 Å². The predicted octanol–water partition coefficient (Wildman–Crippen LogP) is 5.29. The fourth-order valence-corrected chi connectivity index (χ4v) is 3.91. The van der Waals surface area contributed by atoms with Gasteiger partial charge in [0.25, 0.3) is 11.5 Å². The Labute approximate surface area is 184 Å². The fourth-order valence-electron chi connectivity index (χ4n) is 3.14. The van der Waals surface area contributed by atoms with Gasteiger partial charge in [0.15, 0.2) is 5.69 Å². The highest BCUT2D eigenvalue weighted by Crippen LogP contribution is 2.32. The Kier molecular flexibility index (Phi) is 6.00. The van der Waals surface area contributed by atoms with Crippen LogP contribution < -0.4 is 10.9 Å². The summed E-state index contributed by atoms with van der Waals surface area (Å²) in [6.07, 6.45) is -4.34. The molecule has 0 spiro atoms. The monoisotopic (exact) mass is 455 g/mol. The summed E-state index contributed by atoms with van der Waals surface area (Å²) in [5.41, 5.74) is 0.317. The second kappa shape index (κ2) is 8.88. The number of anilines is 1. The van der Waals surface area contributed by atoms with Gasteiger partial charge in [0.05, 0.1) is 22.5 Å². The third-order valence-corrected chi connectivity index (χ3v) is 5.69. The smallest absolute Gasteiger partial charge is 0.320 e. The lowest BCUT2D eigenvalue weighted by Gasteiger charge is -2.14. The lowest BCUT2D eigenvalue weighted by atomic mass is 10.1. The molecule has 0 aliphatic heterocycles. The van der Waals surface area contributed by atoms with Crippen LogP contribution in [0.3, 0.4) is 0 Å². The Morgan fingerprint density at radius 1 is 0.906 bits per heavy atom. The molecule has 0 fully saturated rings. The number of thioether (sulfide) groups is 1. The van der Waals surface area contributed by atoms with Gasteiger partial charge in [-0.2, -0.15) is 23.0 Å². The Hall–Kier alpha value is -3.59. The van der Waals surface area contributed by atoms with E-state index in [0.717, 1.165) is 4.68 Å². The zero-order valence-electron chi connectivity index (χ0n) is 16.5. The first kappa shape index (κ1) is 21.6. The Morgan fingerprint density at radius 3 is 2.25 bits per heavy atom. The molecule has 1 aromatic heterocycles. The van der Waals surface area contributed by atoms with E-state index < -0.39 is 17.8 Å². The van der Waals surface area contributed by atoms with Crippen molar-refractivity contribution in [3.63, 3.8) is 0 Å². The van der Waals surface area contributed by atoms with Crippen LogP contribution in [-0.4, -0.2) is 27.6 Å². The molecule has 1 amide bonds. The minimum absolute atomic E-state index is 0.0142. The average molecular weight is 455 g/mol. The second-order valence-corrected chi connectivity index (χ2v) is 7.82. The number of halogens is 3. The van der Waals surface area contributed by atoms with Crippen LogP contribution in [0.4, 0.5) is 18.9 Å². The van der Waals surface area contributed by atoms with Crippen molar-refractivity contribution in [3.8, 4) is 5.69 Å². The number of nitrogens with one attached hydrogen (secondary N) is 1. The van der Waals surface area contributed by atoms with Gasteiger partial charge in [-0.05, 0) is 30.3 Å². The van der Waals surface area contributed by atoms with E-state index in [1.807, 2.05) is 0 Å². The molecule has 0 radical (unpaired) electrons. The number of carbonyl (C=O) groups is 1. The Morgan fingerprint density at radius 2 is 1.53 bits per heavy atom. The minimum Gasteiger partial charge on any atom is -0.320 e. The summed E-state index contributed by atoms with van der Waals surface area (Å²) >= 11 is 0.582. The molecule has 32 heavy (non-hydrogen) atoms. The van der Waals surface area contributed by atoms with E-state index in [0.29, 0.717) is 28.2 Å². The molecule has 0 aliphatic rings. The molecule has 3 aromatic carbocycles. The maximum absolute atomic E-state index is 13.2. The van der Waals surface area contributed by atoms with Gasteiger partial charge in [0, 0.05) is 10.3 Å². The van der Waals surface area contributed by atoms with Gasteiger partial charge < -0.3 is 5.32 Å². The van der Waals surface area contributed by atoms with Crippen molar-refractivity contribution >= 4 is 34.1 Å². The normalized spacial score (nSPS) is 11.5. The van der Waals surface area contributed by atoms with Crippen molar-refractivity contribution in [1.29, 1.82) is 0 Å². The number of benzene rings is 3. The van der Waals surface area contributed by atoms with Crippen LogP contribution in [0.1, 0.15) is 10.5 Å². The Bertz CT molecular complexity index is 1340. The molecule has 9 heteroatoms. The van der Waals surface area contributed by atoms with Crippen molar-refractivity contribution in [1.82, 2.24) is 9.78 Å². The molecule has 4 aromatic rings. The topological polar surface area (TPSA) is 64.0 Å². The average Bonchev–Trinajstić information content (AvgIpc) is 2.79. The molecule has 0 unspecified atom stereocenters.